The first kappa shape index (κ1) is 11.7. The predicted octanol–water partition coefficient (Wildman–Crippen LogP) is 1.51. The number of carbonyl (C=O) groups excluding carboxylic acids is 1. The average Bonchev–Trinajstić information content (AvgIpc) is 1.94. The lowest BCUT2D eigenvalue weighted by Crippen LogP contribution is -2.59. The van der Waals surface area contributed by atoms with Crippen LogP contribution in [0.1, 0.15) is 40.5 Å². The van der Waals surface area contributed by atoms with Crippen LogP contribution in [0.3, 0.4) is 0 Å². The molecule has 0 saturated carbocycles. The quantitative estimate of drug-likeness (QED) is 0.700. The molecule has 1 N–H and O–H groups in total. The van der Waals surface area contributed by atoms with E-state index in [1.165, 1.54) is 0 Å². The summed E-state index contributed by atoms with van der Waals surface area (Å²) in [5, 5.41) is 3.57. The standard InChI is InChI=1S/C11H21NO2/c1-10(2)7-9(14-6-5-13)8-11(3,4)12-10/h5,9,12H,6-8H2,1-4H3. The van der Waals surface area contributed by atoms with E-state index < -0.39 is 0 Å². The van der Waals surface area contributed by atoms with E-state index in [2.05, 4.69) is 33.0 Å². The van der Waals surface area contributed by atoms with Gasteiger partial charge in [-0.1, -0.05) is 0 Å². The van der Waals surface area contributed by atoms with Gasteiger partial charge < -0.3 is 14.8 Å². The Labute approximate surface area is 86.2 Å². The van der Waals surface area contributed by atoms with Crippen LogP contribution in [0.15, 0.2) is 0 Å². The van der Waals surface area contributed by atoms with Crippen molar-refractivity contribution >= 4 is 6.29 Å². The molecule has 0 radical (unpaired) electrons. The molecule has 0 aliphatic carbocycles. The second-order valence-corrected chi connectivity index (χ2v) is 5.42. The number of ether oxygens (including phenoxy) is 1. The maximum atomic E-state index is 10.2. The van der Waals surface area contributed by atoms with Crippen molar-refractivity contribution in [1.82, 2.24) is 5.32 Å². The fraction of sp³-hybridized carbons (Fsp3) is 0.909. The SMILES string of the molecule is CC1(C)CC(OCC=O)CC(C)(C)N1. The van der Waals surface area contributed by atoms with E-state index in [1.807, 2.05) is 0 Å². The third kappa shape index (κ3) is 3.39. The summed E-state index contributed by atoms with van der Waals surface area (Å²) >= 11 is 0. The molecule has 0 atom stereocenters. The fourth-order valence-electron chi connectivity index (χ4n) is 2.52. The molecule has 14 heavy (non-hydrogen) atoms. The number of aldehydes is 1. The van der Waals surface area contributed by atoms with E-state index >= 15 is 0 Å². The second-order valence-electron chi connectivity index (χ2n) is 5.42. The van der Waals surface area contributed by atoms with Crippen molar-refractivity contribution in [1.29, 1.82) is 0 Å². The maximum Gasteiger partial charge on any atom is 0.145 e. The molecule has 1 heterocycles. The lowest BCUT2D eigenvalue weighted by Gasteiger charge is -2.46. The smallest absolute Gasteiger partial charge is 0.145 e. The topological polar surface area (TPSA) is 38.3 Å². The lowest BCUT2D eigenvalue weighted by molar-refractivity contribution is -0.116. The molecular weight excluding hydrogens is 178 g/mol. The van der Waals surface area contributed by atoms with Crippen LogP contribution in [-0.4, -0.2) is 30.1 Å². The van der Waals surface area contributed by atoms with E-state index in [1.54, 1.807) is 0 Å². The largest absolute Gasteiger partial charge is 0.371 e. The van der Waals surface area contributed by atoms with Gasteiger partial charge in [0, 0.05) is 11.1 Å². The highest BCUT2D eigenvalue weighted by atomic mass is 16.5. The number of carbonyl (C=O) groups is 1. The zero-order valence-electron chi connectivity index (χ0n) is 9.59. The Morgan fingerprint density at radius 1 is 1.29 bits per heavy atom. The van der Waals surface area contributed by atoms with Gasteiger partial charge in [-0.3, -0.25) is 0 Å². The molecule has 1 aliphatic rings. The van der Waals surface area contributed by atoms with E-state index in [4.69, 9.17) is 4.74 Å². The van der Waals surface area contributed by atoms with Gasteiger partial charge in [0.15, 0.2) is 0 Å². The van der Waals surface area contributed by atoms with Crippen molar-refractivity contribution in [3.63, 3.8) is 0 Å². The molecule has 0 bridgehead atoms. The Morgan fingerprint density at radius 2 is 1.79 bits per heavy atom. The highest BCUT2D eigenvalue weighted by Crippen LogP contribution is 2.29. The fourth-order valence-corrected chi connectivity index (χ4v) is 2.52. The van der Waals surface area contributed by atoms with Crippen LogP contribution in [-0.2, 0) is 9.53 Å². The molecule has 82 valence electrons. The van der Waals surface area contributed by atoms with Gasteiger partial charge in [-0.15, -0.1) is 0 Å². The molecule has 1 aliphatic heterocycles. The first-order valence-electron chi connectivity index (χ1n) is 5.19. The Balaban J connectivity index is 2.57. The van der Waals surface area contributed by atoms with Gasteiger partial charge in [0.05, 0.1) is 6.10 Å². The van der Waals surface area contributed by atoms with Crippen LogP contribution < -0.4 is 5.32 Å². The van der Waals surface area contributed by atoms with E-state index in [9.17, 15) is 4.79 Å². The molecule has 0 unspecified atom stereocenters. The van der Waals surface area contributed by atoms with Gasteiger partial charge in [0.2, 0.25) is 0 Å². The number of rotatable bonds is 3. The van der Waals surface area contributed by atoms with Crippen LogP contribution in [0.4, 0.5) is 0 Å². The van der Waals surface area contributed by atoms with Gasteiger partial charge in [-0.2, -0.15) is 0 Å². The summed E-state index contributed by atoms with van der Waals surface area (Å²) in [5.74, 6) is 0. The minimum Gasteiger partial charge on any atom is -0.371 e. The van der Waals surface area contributed by atoms with Crippen molar-refractivity contribution in [3.05, 3.63) is 0 Å². The predicted molar refractivity (Wildman–Crippen MR) is 56.3 cm³/mol. The number of hydrogen-bond donors (Lipinski definition) is 1. The van der Waals surface area contributed by atoms with Gasteiger partial charge in [-0.05, 0) is 40.5 Å². The number of nitrogens with one attached hydrogen (secondary N) is 1. The van der Waals surface area contributed by atoms with Crippen molar-refractivity contribution < 1.29 is 9.53 Å². The van der Waals surface area contributed by atoms with Crippen LogP contribution in [0.2, 0.25) is 0 Å². The summed E-state index contributed by atoms with van der Waals surface area (Å²) in [7, 11) is 0. The van der Waals surface area contributed by atoms with E-state index in [0.29, 0.717) is 0 Å². The summed E-state index contributed by atoms with van der Waals surface area (Å²) < 4.78 is 5.50. The Kier molecular flexibility index (Phi) is 3.32. The molecule has 0 aromatic carbocycles. The summed E-state index contributed by atoms with van der Waals surface area (Å²) in [5.41, 5.74) is 0.185. The van der Waals surface area contributed by atoms with Crippen molar-refractivity contribution in [2.75, 3.05) is 6.61 Å². The third-order valence-electron chi connectivity index (χ3n) is 2.55. The Hall–Kier alpha value is -0.410. The zero-order valence-corrected chi connectivity index (χ0v) is 9.59. The maximum absolute atomic E-state index is 10.2. The van der Waals surface area contributed by atoms with Crippen molar-refractivity contribution in [3.8, 4) is 0 Å². The van der Waals surface area contributed by atoms with E-state index in [0.717, 1.165) is 19.1 Å². The molecular formula is C11H21NO2. The number of piperidine rings is 1. The minimum absolute atomic E-state index is 0.0926. The summed E-state index contributed by atoms with van der Waals surface area (Å²) in [4.78, 5) is 10.2. The second kappa shape index (κ2) is 3.99. The molecule has 1 fully saturated rings. The molecule has 0 spiro atoms. The van der Waals surface area contributed by atoms with Crippen LogP contribution in [0, 0.1) is 0 Å². The molecule has 0 aromatic heterocycles. The Bertz CT molecular complexity index is 195. The van der Waals surface area contributed by atoms with Gasteiger partial charge in [0.1, 0.15) is 12.9 Å². The highest BCUT2D eigenvalue weighted by Gasteiger charge is 2.37. The molecule has 1 rings (SSSR count). The monoisotopic (exact) mass is 199 g/mol. The van der Waals surface area contributed by atoms with Crippen molar-refractivity contribution in [2.24, 2.45) is 0 Å². The van der Waals surface area contributed by atoms with Gasteiger partial charge in [0.25, 0.3) is 0 Å². The van der Waals surface area contributed by atoms with E-state index in [-0.39, 0.29) is 23.8 Å². The summed E-state index contributed by atoms with van der Waals surface area (Å²) in [6, 6.07) is 0. The Morgan fingerprint density at radius 3 is 2.21 bits per heavy atom. The first-order chi connectivity index (χ1) is 6.35. The minimum atomic E-state index is 0.0926. The third-order valence-corrected chi connectivity index (χ3v) is 2.55. The average molecular weight is 199 g/mol. The molecule has 3 heteroatoms. The van der Waals surface area contributed by atoms with Gasteiger partial charge >= 0.3 is 0 Å². The molecule has 0 amide bonds. The lowest BCUT2D eigenvalue weighted by atomic mass is 9.81. The zero-order chi connectivity index (χ0) is 10.8. The number of hydrogen-bond acceptors (Lipinski definition) is 3. The summed E-state index contributed by atoms with van der Waals surface area (Å²) in [6.45, 7) is 8.91. The van der Waals surface area contributed by atoms with Crippen LogP contribution in [0.25, 0.3) is 0 Å². The highest BCUT2D eigenvalue weighted by molar-refractivity contribution is 5.50. The van der Waals surface area contributed by atoms with Crippen molar-refractivity contribution in [2.45, 2.75) is 57.7 Å². The normalized spacial score (nSPS) is 26.0. The van der Waals surface area contributed by atoms with Gasteiger partial charge in [-0.25, -0.2) is 0 Å². The first-order valence-corrected chi connectivity index (χ1v) is 5.19. The molecule has 3 nitrogen and oxygen atoms in total. The molecule has 1 saturated heterocycles. The summed E-state index contributed by atoms with van der Waals surface area (Å²) in [6.07, 6.45) is 2.95. The molecule has 0 aromatic rings. The van der Waals surface area contributed by atoms with Crippen LogP contribution in [0.5, 0.6) is 0 Å². The van der Waals surface area contributed by atoms with Crippen LogP contribution >= 0.6 is 0 Å².